The Morgan fingerprint density at radius 2 is 2.00 bits per heavy atom. The molecule has 0 saturated carbocycles. The molecule has 0 unspecified atom stereocenters. The minimum Gasteiger partial charge on any atom is -0.252 e. The molecule has 0 saturated heterocycles. The highest BCUT2D eigenvalue weighted by molar-refractivity contribution is 7.22. The van der Waals surface area contributed by atoms with E-state index in [-0.39, 0.29) is 10.6 Å². The molecule has 3 nitrogen and oxygen atoms in total. The van der Waals surface area contributed by atoms with E-state index in [0.29, 0.717) is 10.8 Å². The number of hydrogen-bond acceptors (Lipinski definition) is 4. The summed E-state index contributed by atoms with van der Waals surface area (Å²) in [5.41, 5.74) is 3.97. The number of nitrogens with one attached hydrogen (secondary N) is 1. The zero-order valence-corrected chi connectivity index (χ0v) is 13.0. The lowest BCUT2D eigenvalue weighted by Crippen LogP contribution is -2.03. The van der Waals surface area contributed by atoms with Crippen LogP contribution in [0, 0.1) is 11.6 Å². The molecule has 22 heavy (non-hydrogen) atoms. The molecule has 0 atom stereocenters. The van der Waals surface area contributed by atoms with Crippen LogP contribution in [-0.2, 0) is 0 Å². The summed E-state index contributed by atoms with van der Waals surface area (Å²) in [7, 11) is 0. The van der Waals surface area contributed by atoms with Gasteiger partial charge in [-0.25, -0.2) is 13.8 Å². The SMILES string of the molecule is C/C(=N\Nc1nc2ccccc2s1)c1cc(F)c(Cl)cc1F. The predicted molar refractivity (Wildman–Crippen MR) is 86.8 cm³/mol. The molecule has 7 heteroatoms. The third kappa shape index (κ3) is 2.93. The van der Waals surface area contributed by atoms with E-state index in [1.54, 1.807) is 6.92 Å². The largest absolute Gasteiger partial charge is 0.252 e. The quantitative estimate of drug-likeness (QED) is 0.412. The van der Waals surface area contributed by atoms with Crippen molar-refractivity contribution in [3.8, 4) is 0 Å². The van der Waals surface area contributed by atoms with Gasteiger partial charge in [0.1, 0.15) is 11.6 Å². The molecule has 2 aromatic carbocycles. The summed E-state index contributed by atoms with van der Waals surface area (Å²) >= 11 is 6.96. The Morgan fingerprint density at radius 3 is 2.77 bits per heavy atom. The number of nitrogens with zero attached hydrogens (tertiary/aromatic N) is 2. The standard InChI is InChI=1S/C15H10ClF2N3S/c1-8(9-6-12(18)10(16)7-11(9)17)20-21-15-19-13-4-2-3-5-14(13)22-15/h2-7H,1H3,(H,19,21)/b20-8+. The van der Waals surface area contributed by atoms with Crippen LogP contribution in [0.1, 0.15) is 12.5 Å². The van der Waals surface area contributed by atoms with Crippen molar-refractivity contribution in [3.05, 3.63) is 58.6 Å². The average molecular weight is 338 g/mol. The zero-order chi connectivity index (χ0) is 15.7. The Kier molecular flexibility index (Phi) is 4.04. The Morgan fingerprint density at radius 1 is 1.23 bits per heavy atom. The molecule has 0 radical (unpaired) electrons. The van der Waals surface area contributed by atoms with Gasteiger partial charge in [0.2, 0.25) is 5.13 Å². The van der Waals surface area contributed by atoms with Crippen molar-refractivity contribution in [1.29, 1.82) is 0 Å². The number of hydrogen-bond donors (Lipinski definition) is 1. The Bertz CT molecular complexity index is 843. The second-order valence-corrected chi connectivity index (χ2v) is 5.98. The van der Waals surface area contributed by atoms with Gasteiger partial charge in [-0.15, -0.1) is 0 Å². The van der Waals surface area contributed by atoms with E-state index < -0.39 is 11.6 Å². The molecule has 3 rings (SSSR count). The van der Waals surface area contributed by atoms with Crippen LogP contribution in [0.4, 0.5) is 13.9 Å². The third-order valence-corrected chi connectivity index (χ3v) is 4.24. The molecule has 0 aliphatic rings. The van der Waals surface area contributed by atoms with Crippen molar-refractivity contribution in [2.75, 3.05) is 5.43 Å². The maximum absolute atomic E-state index is 13.8. The van der Waals surface area contributed by atoms with Crippen LogP contribution in [0.5, 0.6) is 0 Å². The number of hydrazone groups is 1. The highest BCUT2D eigenvalue weighted by Gasteiger charge is 2.11. The fourth-order valence-electron chi connectivity index (χ4n) is 1.91. The molecule has 0 bridgehead atoms. The first-order chi connectivity index (χ1) is 10.5. The van der Waals surface area contributed by atoms with E-state index in [1.807, 2.05) is 24.3 Å². The molecule has 3 aromatic rings. The van der Waals surface area contributed by atoms with Crippen LogP contribution in [0.2, 0.25) is 5.02 Å². The average Bonchev–Trinajstić information content (AvgIpc) is 2.91. The van der Waals surface area contributed by atoms with Gasteiger partial charge in [-0.1, -0.05) is 35.1 Å². The van der Waals surface area contributed by atoms with Crippen molar-refractivity contribution in [3.63, 3.8) is 0 Å². The van der Waals surface area contributed by atoms with Crippen LogP contribution in [0.3, 0.4) is 0 Å². The molecular weight excluding hydrogens is 328 g/mol. The molecule has 1 N–H and O–H groups in total. The normalized spacial score (nSPS) is 11.9. The maximum Gasteiger partial charge on any atom is 0.204 e. The number of fused-ring (bicyclic) bond motifs is 1. The Hall–Kier alpha value is -2.05. The summed E-state index contributed by atoms with van der Waals surface area (Å²) in [4.78, 5) is 4.34. The molecule has 0 aliphatic carbocycles. The molecule has 0 spiro atoms. The van der Waals surface area contributed by atoms with E-state index in [0.717, 1.165) is 22.3 Å². The molecule has 1 aromatic heterocycles. The Balaban J connectivity index is 1.87. The van der Waals surface area contributed by atoms with Gasteiger partial charge in [0.25, 0.3) is 0 Å². The number of aromatic nitrogens is 1. The van der Waals surface area contributed by atoms with Gasteiger partial charge in [0, 0.05) is 5.56 Å². The lowest BCUT2D eigenvalue weighted by molar-refractivity contribution is 0.598. The van der Waals surface area contributed by atoms with Gasteiger partial charge in [0.05, 0.1) is 21.0 Å². The predicted octanol–water partition coefficient (Wildman–Crippen LogP) is 5.06. The fourth-order valence-corrected chi connectivity index (χ4v) is 2.87. The minimum atomic E-state index is -0.687. The van der Waals surface area contributed by atoms with Crippen molar-refractivity contribution in [2.45, 2.75) is 6.92 Å². The first-order valence-electron chi connectivity index (χ1n) is 6.35. The van der Waals surface area contributed by atoms with E-state index >= 15 is 0 Å². The first-order valence-corrected chi connectivity index (χ1v) is 7.55. The molecule has 1 heterocycles. The summed E-state index contributed by atoms with van der Waals surface area (Å²) in [6.07, 6.45) is 0. The van der Waals surface area contributed by atoms with Crippen LogP contribution in [0.15, 0.2) is 41.5 Å². The molecule has 0 aliphatic heterocycles. The lowest BCUT2D eigenvalue weighted by Gasteiger charge is -2.04. The molecule has 112 valence electrons. The molecular formula is C15H10ClF2N3S. The smallest absolute Gasteiger partial charge is 0.204 e. The number of rotatable bonds is 3. The van der Waals surface area contributed by atoms with Gasteiger partial charge in [0.15, 0.2) is 0 Å². The monoisotopic (exact) mass is 337 g/mol. The second kappa shape index (κ2) is 5.98. The molecule has 0 amide bonds. The second-order valence-electron chi connectivity index (χ2n) is 4.54. The van der Waals surface area contributed by atoms with Gasteiger partial charge >= 0.3 is 0 Å². The van der Waals surface area contributed by atoms with Crippen molar-refractivity contribution < 1.29 is 8.78 Å². The summed E-state index contributed by atoms with van der Waals surface area (Å²) in [6, 6.07) is 9.61. The zero-order valence-electron chi connectivity index (χ0n) is 11.4. The highest BCUT2D eigenvalue weighted by Crippen LogP contribution is 2.25. The van der Waals surface area contributed by atoms with E-state index in [2.05, 4.69) is 15.5 Å². The number of para-hydroxylation sites is 1. The number of thiazole rings is 1. The van der Waals surface area contributed by atoms with Crippen molar-refractivity contribution in [2.24, 2.45) is 5.10 Å². The third-order valence-electron chi connectivity index (χ3n) is 3.01. The number of benzene rings is 2. The summed E-state index contributed by atoms with van der Waals surface area (Å²) < 4.78 is 28.3. The minimum absolute atomic E-state index is 0.0514. The van der Waals surface area contributed by atoms with Crippen LogP contribution < -0.4 is 5.43 Å². The maximum atomic E-state index is 13.8. The highest BCUT2D eigenvalue weighted by atomic mass is 35.5. The van der Waals surface area contributed by atoms with Gasteiger partial charge < -0.3 is 0 Å². The fraction of sp³-hybridized carbons (Fsp3) is 0.0667. The Labute approximate surface area is 134 Å². The van der Waals surface area contributed by atoms with Crippen LogP contribution in [0.25, 0.3) is 10.2 Å². The summed E-state index contributed by atoms with van der Waals surface area (Å²) in [5.74, 6) is -1.31. The van der Waals surface area contributed by atoms with Crippen LogP contribution in [-0.4, -0.2) is 10.7 Å². The number of halogens is 3. The van der Waals surface area contributed by atoms with Gasteiger partial charge in [-0.3, -0.25) is 5.43 Å². The van der Waals surface area contributed by atoms with Gasteiger partial charge in [-0.2, -0.15) is 5.10 Å². The van der Waals surface area contributed by atoms with Gasteiger partial charge in [-0.05, 0) is 31.2 Å². The lowest BCUT2D eigenvalue weighted by atomic mass is 10.1. The van der Waals surface area contributed by atoms with E-state index in [4.69, 9.17) is 11.6 Å². The van der Waals surface area contributed by atoms with Crippen molar-refractivity contribution in [1.82, 2.24) is 4.98 Å². The van der Waals surface area contributed by atoms with Crippen molar-refractivity contribution >= 4 is 44.0 Å². The topological polar surface area (TPSA) is 37.3 Å². The summed E-state index contributed by atoms with van der Waals surface area (Å²) in [5, 5.41) is 4.38. The first kappa shape index (κ1) is 14.9. The van der Waals surface area contributed by atoms with Crippen LogP contribution >= 0.6 is 22.9 Å². The molecule has 0 fully saturated rings. The van der Waals surface area contributed by atoms with E-state index in [1.165, 1.54) is 11.3 Å². The van der Waals surface area contributed by atoms with E-state index in [9.17, 15) is 8.78 Å². The summed E-state index contributed by atoms with van der Waals surface area (Å²) in [6.45, 7) is 1.58. The number of anilines is 1.